The molecule has 3 heteroatoms. The maximum absolute atomic E-state index is 12.3. The normalized spacial score (nSPS) is 11.3. The molecule has 1 amide bonds. The van der Waals surface area contributed by atoms with Crippen molar-refractivity contribution in [3.8, 4) is 0 Å². The maximum Gasteiger partial charge on any atom is 0.255 e. The minimum Gasteiger partial charge on any atom is -0.386 e. The Labute approximate surface area is 125 Å². The molecule has 2 rings (SSSR count). The third-order valence-electron chi connectivity index (χ3n) is 3.71. The van der Waals surface area contributed by atoms with E-state index in [-0.39, 0.29) is 5.91 Å². The van der Waals surface area contributed by atoms with Gasteiger partial charge in [0.05, 0.1) is 5.60 Å². The Morgan fingerprint density at radius 3 is 2.24 bits per heavy atom. The van der Waals surface area contributed by atoms with Crippen LogP contribution in [0.4, 0.5) is 5.69 Å². The predicted octanol–water partition coefficient (Wildman–Crippen LogP) is 3.78. The number of hydrogen-bond acceptors (Lipinski definition) is 2. The van der Waals surface area contributed by atoms with Gasteiger partial charge in [-0.3, -0.25) is 4.79 Å². The summed E-state index contributed by atoms with van der Waals surface area (Å²) in [6, 6.07) is 12.8. The molecule has 0 aliphatic rings. The Morgan fingerprint density at radius 1 is 1.05 bits per heavy atom. The Bertz CT molecular complexity index is 652. The lowest BCUT2D eigenvalue weighted by atomic mass is 9.97. The van der Waals surface area contributed by atoms with E-state index in [0.717, 1.165) is 22.4 Å². The van der Waals surface area contributed by atoms with E-state index in [0.29, 0.717) is 5.56 Å². The standard InChI is InChI=1S/C18H21NO2/c1-12-6-5-7-16(13(12)2)19-17(20)14-8-10-15(11-9-14)18(3,4)21/h5-11,21H,1-4H3,(H,19,20). The minimum atomic E-state index is -0.901. The van der Waals surface area contributed by atoms with Gasteiger partial charge in [-0.25, -0.2) is 0 Å². The Hall–Kier alpha value is -2.13. The van der Waals surface area contributed by atoms with E-state index in [1.54, 1.807) is 38.1 Å². The lowest BCUT2D eigenvalue weighted by molar-refractivity contribution is 0.0785. The van der Waals surface area contributed by atoms with Gasteiger partial charge >= 0.3 is 0 Å². The monoisotopic (exact) mass is 283 g/mol. The molecule has 2 aromatic rings. The number of aliphatic hydroxyl groups is 1. The molecule has 0 unspecified atom stereocenters. The average molecular weight is 283 g/mol. The van der Waals surface area contributed by atoms with Crippen molar-refractivity contribution in [3.05, 3.63) is 64.7 Å². The third kappa shape index (κ3) is 3.50. The number of nitrogens with one attached hydrogen (secondary N) is 1. The van der Waals surface area contributed by atoms with Gasteiger partial charge in [0.25, 0.3) is 5.91 Å². The molecular weight excluding hydrogens is 262 g/mol. The zero-order valence-electron chi connectivity index (χ0n) is 12.9. The summed E-state index contributed by atoms with van der Waals surface area (Å²) in [6.07, 6.45) is 0. The van der Waals surface area contributed by atoms with Gasteiger partial charge in [0.2, 0.25) is 0 Å². The van der Waals surface area contributed by atoms with Gasteiger partial charge in [0.15, 0.2) is 0 Å². The van der Waals surface area contributed by atoms with Gasteiger partial charge < -0.3 is 10.4 Å². The van der Waals surface area contributed by atoms with Crippen molar-refractivity contribution >= 4 is 11.6 Å². The lowest BCUT2D eigenvalue weighted by Gasteiger charge is -2.18. The van der Waals surface area contributed by atoms with Crippen LogP contribution in [-0.4, -0.2) is 11.0 Å². The molecule has 2 N–H and O–H groups in total. The molecule has 0 saturated carbocycles. The molecule has 0 spiro atoms. The number of carbonyl (C=O) groups is 1. The molecule has 0 aliphatic carbocycles. The molecular formula is C18H21NO2. The number of carbonyl (C=O) groups excluding carboxylic acids is 1. The average Bonchev–Trinajstić information content (AvgIpc) is 2.43. The first-order chi connectivity index (χ1) is 9.79. The molecule has 3 nitrogen and oxygen atoms in total. The molecule has 0 atom stereocenters. The summed E-state index contributed by atoms with van der Waals surface area (Å²) in [4.78, 5) is 12.3. The number of amides is 1. The topological polar surface area (TPSA) is 49.3 Å². The Balaban J connectivity index is 2.19. The maximum atomic E-state index is 12.3. The molecule has 110 valence electrons. The van der Waals surface area contributed by atoms with Crippen LogP contribution in [0, 0.1) is 13.8 Å². The minimum absolute atomic E-state index is 0.147. The van der Waals surface area contributed by atoms with E-state index in [1.165, 1.54) is 0 Å². The Morgan fingerprint density at radius 2 is 1.67 bits per heavy atom. The highest BCUT2D eigenvalue weighted by Gasteiger charge is 2.16. The predicted molar refractivity (Wildman–Crippen MR) is 85.6 cm³/mol. The van der Waals surface area contributed by atoms with E-state index in [1.807, 2.05) is 32.0 Å². The van der Waals surface area contributed by atoms with Crippen LogP contribution in [-0.2, 0) is 5.60 Å². The van der Waals surface area contributed by atoms with E-state index in [4.69, 9.17) is 0 Å². The second-order valence-electron chi connectivity index (χ2n) is 5.84. The third-order valence-corrected chi connectivity index (χ3v) is 3.71. The SMILES string of the molecule is Cc1cccc(NC(=O)c2ccc(C(C)(C)O)cc2)c1C. The largest absolute Gasteiger partial charge is 0.386 e. The number of aryl methyl sites for hydroxylation is 1. The van der Waals surface area contributed by atoms with Crippen LogP contribution >= 0.6 is 0 Å². The number of hydrogen-bond donors (Lipinski definition) is 2. The fourth-order valence-electron chi connectivity index (χ4n) is 2.11. The van der Waals surface area contributed by atoms with Gasteiger partial charge in [-0.05, 0) is 62.6 Å². The van der Waals surface area contributed by atoms with Crippen molar-refractivity contribution in [1.82, 2.24) is 0 Å². The summed E-state index contributed by atoms with van der Waals surface area (Å²) >= 11 is 0. The van der Waals surface area contributed by atoms with Crippen molar-refractivity contribution in [2.75, 3.05) is 5.32 Å². The summed E-state index contributed by atoms with van der Waals surface area (Å²) in [5.41, 5.74) is 3.49. The summed E-state index contributed by atoms with van der Waals surface area (Å²) in [5, 5.41) is 12.8. The second-order valence-corrected chi connectivity index (χ2v) is 5.84. The van der Waals surface area contributed by atoms with Crippen molar-refractivity contribution < 1.29 is 9.90 Å². The van der Waals surface area contributed by atoms with E-state index >= 15 is 0 Å². The zero-order valence-corrected chi connectivity index (χ0v) is 12.9. The van der Waals surface area contributed by atoms with Crippen LogP contribution in [0.3, 0.4) is 0 Å². The highest BCUT2D eigenvalue weighted by atomic mass is 16.3. The van der Waals surface area contributed by atoms with Crippen molar-refractivity contribution in [3.63, 3.8) is 0 Å². The van der Waals surface area contributed by atoms with Gasteiger partial charge in [-0.1, -0.05) is 24.3 Å². The molecule has 21 heavy (non-hydrogen) atoms. The van der Waals surface area contributed by atoms with Crippen LogP contribution in [0.1, 0.15) is 40.9 Å². The van der Waals surface area contributed by atoms with Crippen LogP contribution in [0.15, 0.2) is 42.5 Å². The summed E-state index contributed by atoms with van der Waals surface area (Å²) in [6.45, 7) is 7.45. The lowest BCUT2D eigenvalue weighted by Crippen LogP contribution is -2.17. The van der Waals surface area contributed by atoms with E-state index < -0.39 is 5.60 Å². The highest BCUT2D eigenvalue weighted by Crippen LogP contribution is 2.21. The molecule has 0 fully saturated rings. The molecule has 0 radical (unpaired) electrons. The van der Waals surface area contributed by atoms with E-state index in [2.05, 4.69) is 5.32 Å². The van der Waals surface area contributed by atoms with Crippen LogP contribution in [0.5, 0.6) is 0 Å². The van der Waals surface area contributed by atoms with Gasteiger partial charge in [0, 0.05) is 11.3 Å². The van der Waals surface area contributed by atoms with Crippen LogP contribution < -0.4 is 5.32 Å². The van der Waals surface area contributed by atoms with Crippen molar-refractivity contribution in [2.24, 2.45) is 0 Å². The van der Waals surface area contributed by atoms with Gasteiger partial charge in [-0.15, -0.1) is 0 Å². The molecule has 0 aromatic heterocycles. The summed E-state index contributed by atoms with van der Waals surface area (Å²) in [5.74, 6) is -0.147. The molecule has 0 saturated heterocycles. The van der Waals surface area contributed by atoms with Gasteiger partial charge in [-0.2, -0.15) is 0 Å². The van der Waals surface area contributed by atoms with Gasteiger partial charge in [0.1, 0.15) is 0 Å². The number of anilines is 1. The second kappa shape index (κ2) is 5.70. The van der Waals surface area contributed by atoms with E-state index in [9.17, 15) is 9.90 Å². The molecule has 0 bridgehead atoms. The summed E-state index contributed by atoms with van der Waals surface area (Å²) < 4.78 is 0. The fourth-order valence-corrected chi connectivity index (χ4v) is 2.11. The quantitative estimate of drug-likeness (QED) is 0.900. The molecule has 0 heterocycles. The highest BCUT2D eigenvalue weighted by molar-refractivity contribution is 6.04. The van der Waals surface area contributed by atoms with Crippen LogP contribution in [0.25, 0.3) is 0 Å². The van der Waals surface area contributed by atoms with Crippen LogP contribution in [0.2, 0.25) is 0 Å². The summed E-state index contributed by atoms with van der Waals surface area (Å²) in [7, 11) is 0. The smallest absolute Gasteiger partial charge is 0.255 e. The molecule has 0 aliphatic heterocycles. The zero-order chi connectivity index (χ0) is 15.6. The first-order valence-electron chi connectivity index (χ1n) is 6.99. The Kier molecular flexibility index (Phi) is 4.14. The first kappa shape index (κ1) is 15.3. The molecule has 2 aromatic carbocycles. The number of rotatable bonds is 3. The van der Waals surface area contributed by atoms with Crippen molar-refractivity contribution in [1.29, 1.82) is 0 Å². The number of benzene rings is 2. The van der Waals surface area contributed by atoms with Crippen molar-refractivity contribution in [2.45, 2.75) is 33.3 Å². The first-order valence-corrected chi connectivity index (χ1v) is 6.99. The fraction of sp³-hybridized carbons (Fsp3) is 0.278.